The molecule has 8 aromatic rings. The Morgan fingerprint density at radius 3 is 1.64 bits per heavy atom. The summed E-state index contributed by atoms with van der Waals surface area (Å²) in [6.45, 7) is 2.73. The van der Waals surface area contributed by atoms with Crippen molar-refractivity contribution in [2.45, 2.75) is 145 Å². The number of primary amides is 1. The number of hydrogen-bond donors (Lipinski definition) is 22. The molecule has 3 aliphatic rings. The second-order valence-corrected chi connectivity index (χ2v) is 33.3. The van der Waals surface area contributed by atoms with E-state index in [9.17, 15) is 73.5 Å². The highest BCUT2D eigenvalue weighted by atomic mass is 32.1. The van der Waals surface area contributed by atoms with Gasteiger partial charge in [0.25, 0.3) is 0 Å². The van der Waals surface area contributed by atoms with Crippen molar-refractivity contribution in [3.05, 3.63) is 218 Å². The second kappa shape index (κ2) is 46.5. The van der Waals surface area contributed by atoms with Crippen LogP contribution in [0.1, 0.15) is 127 Å². The van der Waals surface area contributed by atoms with Gasteiger partial charge in [0.15, 0.2) is 28.2 Å². The van der Waals surface area contributed by atoms with Crippen molar-refractivity contribution >= 4 is 106 Å². The van der Waals surface area contributed by atoms with Gasteiger partial charge in [0.1, 0.15) is 76.8 Å². The third kappa shape index (κ3) is 26.1. The number of carbonyl (C=O) groups is 12. The van der Waals surface area contributed by atoms with Crippen LogP contribution in [0.3, 0.4) is 0 Å². The Hall–Kier alpha value is -15.8. The number of anilines is 2. The van der Waals surface area contributed by atoms with Gasteiger partial charge >= 0.3 is 12.0 Å². The SMILES string of the molecule is COc1cc2c(c(OC)c1OC)-c1ccc(NC(=O)[C@H](Cc3ccc(O)cc3)NC(=O)[C@H](CC(C)C)NC(=O)[C@H](Cc3ccc(O)cc3)NC(=O)[C@H](CCc3ccccc3)NC(=O)CNC(=O)[C@H](CCCNC(N)=O)NC(=O)[C@H](CO)NC(=O)[C@H](CCCNC(=N)N)NC(=O)CCNC(=S)Nc3ccc4c(c3)C(=O)OC43c4ccc(O)cc4Oc4cc(O)ccc43)c(=O)cc1[C@@H](NC(C)=O)C2. The highest BCUT2D eigenvalue weighted by Gasteiger charge is 2.54. The molecule has 1 spiro atoms. The lowest BCUT2D eigenvalue weighted by atomic mass is 9.77. The minimum atomic E-state index is -1.81. The van der Waals surface area contributed by atoms with Gasteiger partial charge in [-0.05, 0) is 182 Å². The van der Waals surface area contributed by atoms with Crippen molar-refractivity contribution < 1.29 is 107 Å². The lowest BCUT2D eigenvalue weighted by molar-refractivity contribution is -0.135. The van der Waals surface area contributed by atoms with Crippen LogP contribution in [0, 0.1) is 11.3 Å². The van der Waals surface area contributed by atoms with E-state index in [0.717, 1.165) is 0 Å². The minimum Gasteiger partial charge on any atom is -0.508 e. The van der Waals surface area contributed by atoms with E-state index >= 15 is 14.4 Å². The van der Waals surface area contributed by atoms with Gasteiger partial charge in [0.2, 0.25) is 70.3 Å². The first-order valence-corrected chi connectivity index (χ1v) is 44.0. The molecule has 8 aromatic carbocycles. The molecule has 0 saturated heterocycles. The maximum absolute atomic E-state index is 15.2. The number of aliphatic hydroxyl groups is 1. The number of ether oxygens (including phenoxy) is 5. The maximum Gasteiger partial charge on any atom is 0.340 e. The van der Waals surface area contributed by atoms with Crippen LogP contribution in [0.5, 0.6) is 51.7 Å². The molecule has 2 aliphatic heterocycles. The third-order valence-corrected chi connectivity index (χ3v) is 22.9. The number of phenols is 4. The van der Waals surface area contributed by atoms with Gasteiger partial charge in [0.05, 0.1) is 51.8 Å². The Morgan fingerprint density at radius 1 is 0.522 bits per heavy atom. The van der Waals surface area contributed by atoms with Crippen molar-refractivity contribution in [3.8, 4) is 62.9 Å². The number of phenolic OH excluding ortho intramolecular Hbond substituents is 4. The van der Waals surface area contributed by atoms with Gasteiger partial charge in [-0.25, -0.2) is 9.59 Å². The number of benzene rings is 7. The maximum atomic E-state index is 15.2. The summed E-state index contributed by atoms with van der Waals surface area (Å²) in [5, 5.41) is 96.9. The number of nitrogens with two attached hydrogens (primary N) is 2. The molecule has 0 saturated carbocycles. The largest absolute Gasteiger partial charge is 0.508 e. The highest BCUT2D eigenvalue weighted by molar-refractivity contribution is 7.80. The summed E-state index contributed by atoms with van der Waals surface area (Å²) in [6, 6.07) is 27.2. The zero-order chi connectivity index (χ0) is 98.2. The first kappa shape index (κ1) is 101. The summed E-state index contributed by atoms with van der Waals surface area (Å²) in [5.74, 6) is -9.51. The Kier molecular flexibility index (Phi) is 34.5. The van der Waals surface area contributed by atoms with E-state index < -0.39 is 144 Å². The van der Waals surface area contributed by atoms with Crippen molar-refractivity contribution in [3.63, 3.8) is 0 Å². The standard InChI is InChI=1S/C95H109N17O23S/c1-49(2)38-71(87(125)111-72(39-52-16-22-56(115)23-17-52)88(126)107-66-33-28-60-61(46-75(66)119)70(103-50(3)114)41-54-42-78(131-4)82(132-5)83(133-6)81(54)60)109-89(127)73(40-53-18-24-57(116)25-19-53)110-86(124)69(32-20-51-12-8-7-9-13-51)106-80(121)47-102-84(122)67(14-11-36-100-93(98)130)108-90(128)74(48-113)112-85(123)68(15-10-35-99-92(96)97)105-79(120)34-37-101-94(136)104-55-21-29-63-62(43-55)91(129)135-95(63)64-30-26-58(117)44-76(64)134-77-45-59(118)27-31-65(77)95/h7-9,12-13,16-19,21-31,33,42-46,49,67-74,113,115-118H,10-11,14-15,20,32,34-41,47-48H2,1-6H3,(H,102,122)(H,103,114)(H,105,120)(H,106,121)(H,108,128)(H,109,127)(H,110,124)(H,111,125)(H,112,123)(H4,96,97,99)(H3,98,100,130)(H2,101,104,136)(H,107,119,126)/t67-,68-,69-,70-,71-,72-,73-,74-/m0/s1. The van der Waals surface area contributed by atoms with Crippen molar-refractivity contribution in [2.24, 2.45) is 17.4 Å². The van der Waals surface area contributed by atoms with Gasteiger partial charge < -0.3 is 135 Å². The molecule has 1 aliphatic carbocycles. The molecule has 8 atom stereocenters. The number of aliphatic hydroxyl groups excluding tert-OH is 1. The number of amides is 12. The van der Waals surface area contributed by atoms with Crippen LogP contribution in [0.15, 0.2) is 163 Å². The Labute approximate surface area is 786 Å². The lowest BCUT2D eigenvalue weighted by Crippen LogP contribution is -2.59. The fraction of sp³-hybridized carbons (Fsp3) is 0.337. The number of methoxy groups -OCH3 is 3. The molecule has 0 radical (unpaired) electrons. The molecular formula is C95H109N17O23S. The molecule has 12 amide bonds. The number of guanidine groups is 1. The van der Waals surface area contributed by atoms with Crippen LogP contribution in [0.25, 0.3) is 11.1 Å². The number of urea groups is 1. The van der Waals surface area contributed by atoms with Crippen LogP contribution in [0.4, 0.5) is 16.2 Å². The van der Waals surface area contributed by atoms with Crippen LogP contribution >= 0.6 is 12.2 Å². The smallest absolute Gasteiger partial charge is 0.340 e. The fourth-order valence-electron chi connectivity index (χ4n) is 16.1. The number of aryl methyl sites for hydroxylation is 1. The van der Waals surface area contributed by atoms with E-state index in [4.69, 9.17) is 52.8 Å². The van der Waals surface area contributed by atoms with E-state index in [0.29, 0.717) is 67.1 Å². The number of esters is 1. The highest BCUT2D eigenvalue weighted by Crippen LogP contribution is 2.58. The van der Waals surface area contributed by atoms with Crippen LogP contribution < -0.4 is 110 Å². The fourth-order valence-corrected chi connectivity index (χ4v) is 16.3. The molecular weight excluding hydrogens is 1780 g/mol. The number of thiocarbonyl (C=S) groups is 1. The summed E-state index contributed by atoms with van der Waals surface area (Å²) in [4.78, 5) is 184. The molecule has 0 fully saturated rings. The Morgan fingerprint density at radius 2 is 1.06 bits per heavy atom. The normalized spacial score (nSPS) is 14.2. The van der Waals surface area contributed by atoms with E-state index in [-0.39, 0.29) is 165 Å². The number of fused-ring (bicyclic) bond motifs is 9. The van der Waals surface area contributed by atoms with Gasteiger partial charge in [-0.3, -0.25) is 58.1 Å². The van der Waals surface area contributed by atoms with E-state index in [2.05, 4.69) is 74.4 Å². The molecule has 136 heavy (non-hydrogen) atoms. The average molecular weight is 1890 g/mol. The molecule has 41 heteroatoms. The zero-order valence-electron chi connectivity index (χ0n) is 75.2. The first-order chi connectivity index (χ1) is 65.0. The predicted molar refractivity (Wildman–Crippen MR) is 501 cm³/mol. The van der Waals surface area contributed by atoms with Gasteiger partial charge in [0, 0.05) is 85.9 Å². The minimum absolute atomic E-state index is 0.0109. The number of rotatable bonds is 43. The molecule has 2 heterocycles. The van der Waals surface area contributed by atoms with E-state index in [1.54, 1.807) is 80.6 Å². The van der Waals surface area contributed by atoms with Crippen molar-refractivity contribution in [2.75, 3.05) is 64.7 Å². The summed E-state index contributed by atoms with van der Waals surface area (Å²) >= 11 is 5.56. The quantitative estimate of drug-likeness (QED) is 0.00854. The Balaban J connectivity index is 0.753. The molecule has 24 N–H and O–H groups in total. The number of hydrogen-bond acceptors (Lipinski definition) is 25. The van der Waals surface area contributed by atoms with Crippen LogP contribution in [0.2, 0.25) is 0 Å². The van der Waals surface area contributed by atoms with Gasteiger partial charge in [-0.15, -0.1) is 0 Å². The molecule has 0 unspecified atom stereocenters. The van der Waals surface area contributed by atoms with Crippen LogP contribution in [-0.4, -0.2) is 204 Å². The number of nitrogens with one attached hydrogen (secondary N) is 15. The van der Waals surface area contributed by atoms with E-state index in [1.807, 2.05) is 0 Å². The topological polar surface area (TPSA) is 614 Å². The monoisotopic (exact) mass is 1890 g/mol. The molecule has 0 aromatic heterocycles. The molecule has 11 rings (SSSR count). The average Bonchev–Trinajstić information content (AvgIpc) is 1.53. The van der Waals surface area contributed by atoms with Crippen LogP contribution in [-0.2, 0) is 84.0 Å². The summed E-state index contributed by atoms with van der Waals surface area (Å²) in [6.07, 6.45) is -0.999. The molecule has 0 bridgehead atoms. The lowest BCUT2D eigenvalue weighted by Gasteiger charge is -2.36. The molecule has 718 valence electrons. The zero-order valence-corrected chi connectivity index (χ0v) is 76.0. The van der Waals surface area contributed by atoms with Gasteiger partial charge in [-0.2, -0.15) is 0 Å². The predicted octanol–water partition coefficient (Wildman–Crippen LogP) is 3.56. The third-order valence-electron chi connectivity index (χ3n) is 22.6. The number of carbonyl (C=O) groups excluding carboxylic acids is 12. The van der Waals surface area contributed by atoms with Gasteiger partial charge in [-0.1, -0.05) is 80.6 Å². The Bertz CT molecular complexity index is 5840. The summed E-state index contributed by atoms with van der Waals surface area (Å²) in [7, 11) is 4.32. The van der Waals surface area contributed by atoms with E-state index in [1.165, 1.54) is 119 Å². The summed E-state index contributed by atoms with van der Waals surface area (Å²) < 4.78 is 29.5. The second-order valence-electron chi connectivity index (χ2n) is 32.9. The first-order valence-electron chi connectivity index (χ1n) is 43.6. The number of aromatic hydroxyl groups is 4. The van der Waals surface area contributed by atoms with Crippen molar-refractivity contribution in [1.29, 1.82) is 5.41 Å². The molecule has 40 nitrogen and oxygen atoms in total. The summed E-state index contributed by atoms with van der Waals surface area (Å²) in [5.41, 5.74) is 13.7. The van der Waals surface area contributed by atoms with Crippen molar-refractivity contribution in [1.82, 2.24) is 63.8 Å².